The van der Waals surface area contributed by atoms with Crippen LogP contribution >= 0.6 is 0 Å². The van der Waals surface area contributed by atoms with Gasteiger partial charge in [0.15, 0.2) is 0 Å². The minimum absolute atomic E-state index is 0.0567. The Morgan fingerprint density at radius 1 is 1.12 bits per heavy atom. The molecule has 0 saturated carbocycles. The predicted molar refractivity (Wildman–Crippen MR) is 106 cm³/mol. The van der Waals surface area contributed by atoms with Gasteiger partial charge in [0.25, 0.3) is 5.91 Å². The Hall–Kier alpha value is -2.30. The van der Waals surface area contributed by atoms with E-state index in [-0.39, 0.29) is 18.4 Å². The smallest absolute Gasteiger partial charge is 0.253 e. The van der Waals surface area contributed by atoms with E-state index < -0.39 is 0 Å². The summed E-state index contributed by atoms with van der Waals surface area (Å²) in [7, 11) is 0. The van der Waals surface area contributed by atoms with E-state index in [1.165, 1.54) is 24.8 Å². The Morgan fingerprint density at radius 3 is 2.65 bits per heavy atom. The number of anilines is 1. The largest absolute Gasteiger partial charge is 0.376 e. The van der Waals surface area contributed by atoms with Crippen LogP contribution in [0.4, 0.5) is 5.69 Å². The molecule has 0 heterocycles. The van der Waals surface area contributed by atoms with Gasteiger partial charge >= 0.3 is 0 Å². The number of amides is 2. The lowest BCUT2D eigenvalue weighted by Gasteiger charge is -2.14. The first-order valence-corrected chi connectivity index (χ1v) is 9.62. The molecule has 0 saturated heterocycles. The minimum Gasteiger partial charge on any atom is -0.376 e. The second-order valence-electron chi connectivity index (χ2n) is 7.21. The molecule has 26 heavy (non-hydrogen) atoms. The number of hydrogen-bond acceptors (Lipinski definition) is 3. The predicted octanol–water partition coefficient (Wildman–Crippen LogP) is 3.49. The Morgan fingerprint density at radius 2 is 1.92 bits per heavy atom. The van der Waals surface area contributed by atoms with Crippen LogP contribution in [0.3, 0.4) is 0 Å². The van der Waals surface area contributed by atoms with Crippen LogP contribution in [0.2, 0.25) is 0 Å². The number of para-hydroxylation sites is 1. The number of carbonyl (C=O) groups excluding carboxylic acids is 2. The highest BCUT2D eigenvalue weighted by molar-refractivity contribution is 6.00. The average Bonchev–Trinajstić information content (AvgIpc) is 2.65. The van der Waals surface area contributed by atoms with Gasteiger partial charge in [0.1, 0.15) is 0 Å². The maximum atomic E-state index is 12.3. The van der Waals surface area contributed by atoms with Gasteiger partial charge in [0.05, 0.1) is 12.1 Å². The molecule has 0 unspecified atom stereocenters. The summed E-state index contributed by atoms with van der Waals surface area (Å²) in [5, 5.41) is 8.94. The molecule has 1 aromatic carbocycles. The maximum absolute atomic E-state index is 12.3. The van der Waals surface area contributed by atoms with Gasteiger partial charge in [-0.25, -0.2) is 0 Å². The number of hydrogen-bond donors (Lipinski definition) is 3. The summed E-state index contributed by atoms with van der Waals surface area (Å²) in [6, 6.07) is 7.28. The fourth-order valence-electron chi connectivity index (χ4n) is 2.96. The molecule has 0 fully saturated rings. The average molecular weight is 357 g/mol. The van der Waals surface area contributed by atoms with E-state index in [0.717, 1.165) is 12.8 Å². The molecular formula is C21H31N3O2. The van der Waals surface area contributed by atoms with Crippen molar-refractivity contribution < 1.29 is 9.59 Å². The lowest BCUT2D eigenvalue weighted by molar-refractivity contribution is -0.119. The molecule has 1 aliphatic rings. The van der Waals surface area contributed by atoms with E-state index in [0.29, 0.717) is 30.3 Å². The van der Waals surface area contributed by atoms with E-state index in [1.807, 2.05) is 18.2 Å². The summed E-state index contributed by atoms with van der Waals surface area (Å²) in [4.78, 5) is 24.4. The molecule has 0 spiro atoms. The molecular weight excluding hydrogens is 326 g/mol. The Labute approximate surface area is 156 Å². The van der Waals surface area contributed by atoms with Gasteiger partial charge in [0, 0.05) is 18.8 Å². The lowest BCUT2D eigenvalue weighted by atomic mass is 9.97. The number of rotatable bonds is 9. The first kappa shape index (κ1) is 20.0. The summed E-state index contributed by atoms with van der Waals surface area (Å²) < 4.78 is 0. The molecule has 0 aliphatic heterocycles. The lowest BCUT2D eigenvalue weighted by Crippen LogP contribution is -2.32. The van der Waals surface area contributed by atoms with E-state index >= 15 is 0 Å². The van der Waals surface area contributed by atoms with Crippen molar-refractivity contribution in [1.82, 2.24) is 10.6 Å². The molecule has 5 nitrogen and oxygen atoms in total. The van der Waals surface area contributed by atoms with Crippen molar-refractivity contribution in [1.29, 1.82) is 0 Å². The quantitative estimate of drug-likeness (QED) is 0.593. The van der Waals surface area contributed by atoms with Crippen LogP contribution < -0.4 is 16.0 Å². The first-order valence-electron chi connectivity index (χ1n) is 9.62. The first-order chi connectivity index (χ1) is 12.6. The second-order valence-corrected chi connectivity index (χ2v) is 7.21. The van der Waals surface area contributed by atoms with Crippen LogP contribution in [0.25, 0.3) is 0 Å². The van der Waals surface area contributed by atoms with Crippen molar-refractivity contribution in [2.45, 2.75) is 46.0 Å². The van der Waals surface area contributed by atoms with Gasteiger partial charge in [-0.3, -0.25) is 9.59 Å². The topological polar surface area (TPSA) is 70.2 Å². The van der Waals surface area contributed by atoms with Gasteiger partial charge in [-0.2, -0.15) is 0 Å². The highest BCUT2D eigenvalue weighted by atomic mass is 16.2. The number of nitrogens with one attached hydrogen (secondary N) is 3. The molecule has 5 heteroatoms. The van der Waals surface area contributed by atoms with Crippen LogP contribution in [-0.4, -0.2) is 31.4 Å². The monoisotopic (exact) mass is 357 g/mol. The van der Waals surface area contributed by atoms with Gasteiger partial charge in [-0.15, -0.1) is 0 Å². The zero-order chi connectivity index (χ0) is 18.8. The van der Waals surface area contributed by atoms with Crippen LogP contribution in [-0.2, 0) is 4.79 Å². The summed E-state index contributed by atoms with van der Waals surface area (Å²) in [5.41, 5.74) is 2.70. The van der Waals surface area contributed by atoms with Crippen molar-refractivity contribution in [3.63, 3.8) is 0 Å². The molecule has 0 bridgehead atoms. The summed E-state index contributed by atoms with van der Waals surface area (Å²) in [6.45, 7) is 5.57. The normalized spacial score (nSPS) is 13.9. The SMILES string of the molecule is CC(C)CNC(=O)c1ccccc1NCC(=O)NCCC1=CCCCC1. The molecule has 142 valence electrons. The fraction of sp³-hybridized carbons (Fsp3) is 0.524. The van der Waals surface area contributed by atoms with E-state index in [2.05, 4.69) is 35.9 Å². The summed E-state index contributed by atoms with van der Waals surface area (Å²) in [5.74, 6) is 0.217. The Kier molecular flexibility index (Phi) is 8.19. The van der Waals surface area contributed by atoms with Crippen LogP contribution in [0.15, 0.2) is 35.9 Å². The van der Waals surface area contributed by atoms with Gasteiger partial charge in [-0.05, 0) is 50.2 Å². The second kappa shape index (κ2) is 10.6. The fourth-order valence-corrected chi connectivity index (χ4v) is 2.96. The van der Waals surface area contributed by atoms with Crippen molar-refractivity contribution in [2.75, 3.05) is 25.0 Å². The van der Waals surface area contributed by atoms with E-state index in [4.69, 9.17) is 0 Å². The van der Waals surface area contributed by atoms with Crippen LogP contribution in [0.1, 0.15) is 56.3 Å². The molecule has 1 aromatic rings. The van der Waals surface area contributed by atoms with Gasteiger partial charge in [0.2, 0.25) is 5.91 Å². The standard InChI is InChI=1S/C21H31N3O2/c1-16(2)14-24-21(26)18-10-6-7-11-19(18)23-15-20(25)22-13-12-17-8-4-3-5-9-17/h6-8,10-11,16,23H,3-5,9,12-15H2,1-2H3,(H,22,25)(H,24,26). The Balaban J connectivity index is 1.78. The number of benzene rings is 1. The van der Waals surface area contributed by atoms with Gasteiger partial charge in [-0.1, -0.05) is 37.6 Å². The summed E-state index contributed by atoms with van der Waals surface area (Å²) in [6.07, 6.45) is 8.11. The molecule has 0 atom stereocenters. The zero-order valence-corrected chi connectivity index (χ0v) is 15.9. The van der Waals surface area contributed by atoms with Crippen molar-refractivity contribution in [2.24, 2.45) is 5.92 Å². The minimum atomic E-state index is -0.119. The number of allylic oxidation sites excluding steroid dienone is 1. The van der Waals surface area contributed by atoms with Crippen molar-refractivity contribution >= 4 is 17.5 Å². The van der Waals surface area contributed by atoms with Crippen LogP contribution in [0, 0.1) is 5.92 Å². The molecule has 0 aromatic heterocycles. The molecule has 0 radical (unpaired) electrons. The molecule has 1 aliphatic carbocycles. The van der Waals surface area contributed by atoms with Crippen molar-refractivity contribution in [3.05, 3.63) is 41.5 Å². The van der Waals surface area contributed by atoms with Crippen LogP contribution in [0.5, 0.6) is 0 Å². The Bertz CT molecular complexity index is 638. The highest BCUT2D eigenvalue weighted by Gasteiger charge is 2.12. The third-order valence-electron chi connectivity index (χ3n) is 4.44. The van der Waals surface area contributed by atoms with Crippen molar-refractivity contribution in [3.8, 4) is 0 Å². The number of carbonyl (C=O) groups is 2. The zero-order valence-electron chi connectivity index (χ0n) is 15.9. The third kappa shape index (κ3) is 6.90. The molecule has 2 rings (SSSR count). The van der Waals surface area contributed by atoms with E-state index in [9.17, 15) is 9.59 Å². The molecule has 2 amide bonds. The summed E-state index contributed by atoms with van der Waals surface area (Å²) >= 11 is 0. The van der Waals surface area contributed by atoms with Gasteiger partial charge < -0.3 is 16.0 Å². The van der Waals surface area contributed by atoms with E-state index in [1.54, 1.807) is 6.07 Å². The maximum Gasteiger partial charge on any atom is 0.253 e. The third-order valence-corrected chi connectivity index (χ3v) is 4.44. The molecule has 3 N–H and O–H groups in total. The highest BCUT2D eigenvalue weighted by Crippen LogP contribution is 2.19.